The van der Waals surface area contributed by atoms with E-state index in [9.17, 15) is 0 Å². The molecule has 0 aliphatic carbocycles. The molecule has 0 aromatic carbocycles. The number of halogens is 1. The molecule has 0 unspecified atom stereocenters. The van der Waals surface area contributed by atoms with E-state index in [0.717, 1.165) is 11.4 Å². The molecule has 0 amide bonds. The Morgan fingerprint density at radius 2 is 2.33 bits per heavy atom. The number of nitrogens with zero attached hydrogens (tertiary/aromatic N) is 1. The molecule has 0 radical (unpaired) electrons. The zero-order valence-corrected chi connectivity index (χ0v) is 7.01. The maximum atomic E-state index is 5.74. The zero-order chi connectivity index (χ0) is 6.85. The molecule has 9 heavy (non-hydrogen) atoms. The summed E-state index contributed by atoms with van der Waals surface area (Å²) < 4.78 is 0. The fraction of sp³-hybridized carbons (Fsp3) is 0.500. The van der Waals surface area contributed by atoms with Crippen LogP contribution in [-0.2, 0) is 6.42 Å². The van der Waals surface area contributed by atoms with Gasteiger partial charge in [-0.1, -0.05) is 18.5 Å². The number of rotatable bonds is 1. The van der Waals surface area contributed by atoms with E-state index in [1.165, 1.54) is 4.88 Å². The first-order valence-corrected chi connectivity index (χ1v) is 4.05. The number of hydrogen-bond acceptors (Lipinski definition) is 2. The van der Waals surface area contributed by atoms with E-state index in [4.69, 9.17) is 11.6 Å². The lowest BCUT2D eigenvalue weighted by atomic mass is 10.4. The molecule has 0 aliphatic rings. The molecule has 0 atom stereocenters. The first-order chi connectivity index (χ1) is 4.24. The molecule has 0 spiro atoms. The second-order valence-electron chi connectivity index (χ2n) is 1.80. The molecule has 0 aliphatic heterocycles. The molecule has 0 bridgehead atoms. The van der Waals surface area contributed by atoms with Crippen molar-refractivity contribution in [1.29, 1.82) is 0 Å². The number of aromatic nitrogens is 1. The van der Waals surface area contributed by atoms with Gasteiger partial charge in [-0.25, -0.2) is 4.98 Å². The predicted molar refractivity (Wildman–Crippen MR) is 41.2 cm³/mol. The van der Waals surface area contributed by atoms with E-state index >= 15 is 0 Å². The summed E-state index contributed by atoms with van der Waals surface area (Å²) in [4.78, 5) is 5.25. The largest absolute Gasteiger partial charge is 0.230 e. The third kappa shape index (κ3) is 1.43. The van der Waals surface area contributed by atoms with Gasteiger partial charge in [-0.2, -0.15) is 0 Å². The topological polar surface area (TPSA) is 12.9 Å². The molecular weight excluding hydrogens is 154 g/mol. The molecule has 1 aromatic heterocycles. The Labute approximate surface area is 63.7 Å². The van der Waals surface area contributed by atoms with Crippen molar-refractivity contribution in [3.05, 3.63) is 15.0 Å². The van der Waals surface area contributed by atoms with Crippen molar-refractivity contribution in [2.75, 3.05) is 0 Å². The normalized spacial score (nSPS) is 10.1. The minimum absolute atomic E-state index is 0.681. The van der Waals surface area contributed by atoms with Gasteiger partial charge in [-0.05, 0) is 13.3 Å². The van der Waals surface area contributed by atoms with Gasteiger partial charge in [0.15, 0.2) is 0 Å². The lowest BCUT2D eigenvalue weighted by molar-refractivity contribution is 1.16. The molecule has 1 heterocycles. The van der Waals surface area contributed by atoms with Gasteiger partial charge in [0.1, 0.15) is 5.15 Å². The second-order valence-corrected chi connectivity index (χ2v) is 3.45. The van der Waals surface area contributed by atoms with Gasteiger partial charge in [0.05, 0.1) is 5.01 Å². The monoisotopic (exact) mass is 161 g/mol. The first-order valence-electron chi connectivity index (χ1n) is 2.86. The van der Waals surface area contributed by atoms with E-state index in [1.807, 2.05) is 6.92 Å². The maximum Gasteiger partial charge on any atom is 0.143 e. The SMILES string of the molecule is CCc1sc(C)nc1Cl. The molecule has 0 saturated carbocycles. The van der Waals surface area contributed by atoms with Crippen molar-refractivity contribution in [2.24, 2.45) is 0 Å². The third-order valence-electron chi connectivity index (χ3n) is 1.08. The van der Waals surface area contributed by atoms with Crippen LogP contribution < -0.4 is 0 Å². The van der Waals surface area contributed by atoms with Crippen LogP contribution in [0, 0.1) is 6.92 Å². The molecule has 1 rings (SSSR count). The average molecular weight is 162 g/mol. The summed E-state index contributed by atoms with van der Waals surface area (Å²) in [6.45, 7) is 4.05. The molecule has 1 aromatic rings. The Morgan fingerprint density at radius 1 is 1.67 bits per heavy atom. The number of thiazole rings is 1. The van der Waals surface area contributed by atoms with E-state index in [-0.39, 0.29) is 0 Å². The summed E-state index contributed by atoms with van der Waals surface area (Å²) in [6.07, 6.45) is 0.990. The van der Waals surface area contributed by atoms with Crippen LogP contribution in [0.15, 0.2) is 0 Å². The predicted octanol–water partition coefficient (Wildman–Crippen LogP) is 2.67. The quantitative estimate of drug-likeness (QED) is 0.617. The Morgan fingerprint density at radius 3 is 2.56 bits per heavy atom. The average Bonchev–Trinajstić information content (AvgIpc) is 2.10. The Balaban J connectivity index is 3.01. The highest BCUT2D eigenvalue weighted by Crippen LogP contribution is 2.22. The number of hydrogen-bond donors (Lipinski definition) is 0. The van der Waals surface area contributed by atoms with Gasteiger partial charge >= 0.3 is 0 Å². The lowest BCUT2D eigenvalue weighted by Gasteiger charge is -1.83. The van der Waals surface area contributed by atoms with Crippen molar-refractivity contribution in [1.82, 2.24) is 4.98 Å². The van der Waals surface area contributed by atoms with Crippen molar-refractivity contribution in [3.8, 4) is 0 Å². The summed E-state index contributed by atoms with van der Waals surface area (Å²) in [7, 11) is 0. The van der Waals surface area contributed by atoms with Gasteiger partial charge in [0.25, 0.3) is 0 Å². The highest BCUT2D eigenvalue weighted by atomic mass is 35.5. The van der Waals surface area contributed by atoms with Crippen LogP contribution in [0.1, 0.15) is 16.8 Å². The molecule has 0 saturated heterocycles. The van der Waals surface area contributed by atoms with Crippen molar-refractivity contribution in [2.45, 2.75) is 20.3 Å². The second kappa shape index (κ2) is 2.67. The molecular formula is C6H8ClNS. The molecule has 0 N–H and O–H groups in total. The summed E-state index contributed by atoms with van der Waals surface area (Å²) in [5.74, 6) is 0. The van der Waals surface area contributed by atoms with E-state index in [0.29, 0.717) is 5.15 Å². The minimum Gasteiger partial charge on any atom is -0.230 e. The van der Waals surface area contributed by atoms with Crippen LogP contribution in [0.25, 0.3) is 0 Å². The summed E-state index contributed by atoms with van der Waals surface area (Å²) in [5, 5.41) is 1.73. The van der Waals surface area contributed by atoms with E-state index in [2.05, 4.69) is 11.9 Å². The maximum absolute atomic E-state index is 5.74. The van der Waals surface area contributed by atoms with E-state index < -0.39 is 0 Å². The van der Waals surface area contributed by atoms with Crippen molar-refractivity contribution >= 4 is 22.9 Å². The van der Waals surface area contributed by atoms with Crippen LogP contribution in [0.4, 0.5) is 0 Å². The lowest BCUT2D eigenvalue weighted by Crippen LogP contribution is -1.71. The summed E-state index contributed by atoms with van der Waals surface area (Å²) >= 11 is 7.42. The van der Waals surface area contributed by atoms with Crippen molar-refractivity contribution in [3.63, 3.8) is 0 Å². The van der Waals surface area contributed by atoms with Crippen LogP contribution >= 0.6 is 22.9 Å². The fourth-order valence-electron chi connectivity index (χ4n) is 0.662. The van der Waals surface area contributed by atoms with Gasteiger partial charge in [-0.15, -0.1) is 11.3 Å². The van der Waals surface area contributed by atoms with Crippen LogP contribution in [-0.4, -0.2) is 4.98 Å². The molecule has 3 heteroatoms. The Kier molecular flexibility index (Phi) is 2.09. The zero-order valence-electron chi connectivity index (χ0n) is 5.44. The van der Waals surface area contributed by atoms with Crippen LogP contribution in [0.3, 0.4) is 0 Å². The summed E-state index contributed by atoms with van der Waals surface area (Å²) in [5.41, 5.74) is 0. The van der Waals surface area contributed by atoms with Crippen LogP contribution in [0.2, 0.25) is 5.15 Å². The molecule has 50 valence electrons. The highest BCUT2D eigenvalue weighted by molar-refractivity contribution is 7.12. The Hall–Kier alpha value is -0.0800. The molecule has 1 nitrogen and oxygen atoms in total. The number of aryl methyl sites for hydroxylation is 2. The third-order valence-corrected chi connectivity index (χ3v) is 2.62. The van der Waals surface area contributed by atoms with E-state index in [1.54, 1.807) is 11.3 Å². The molecule has 0 fully saturated rings. The van der Waals surface area contributed by atoms with Gasteiger partial charge < -0.3 is 0 Å². The Bertz CT molecular complexity index is 207. The summed E-state index contributed by atoms with van der Waals surface area (Å²) in [6, 6.07) is 0. The standard InChI is InChI=1S/C6H8ClNS/c1-3-5-6(7)8-4(2)9-5/h3H2,1-2H3. The van der Waals surface area contributed by atoms with Crippen LogP contribution in [0.5, 0.6) is 0 Å². The van der Waals surface area contributed by atoms with Gasteiger partial charge in [-0.3, -0.25) is 0 Å². The van der Waals surface area contributed by atoms with Gasteiger partial charge in [0.2, 0.25) is 0 Å². The fourth-order valence-corrected chi connectivity index (χ4v) is 1.86. The van der Waals surface area contributed by atoms with Crippen molar-refractivity contribution < 1.29 is 0 Å². The minimum atomic E-state index is 0.681. The first kappa shape index (κ1) is 7.03. The highest BCUT2D eigenvalue weighted by Gasteiger charge is 2.01. The smallest absolute Gasteiger partial charge is 0.143 e. The van der Waals surface area contributed by atoms with Gasteiger partial charge in [0, 0.05) is 4.88 Å².